The van der Waals surface area contributed by atoms with Crippen molar-refractivity contribution < 1.29 is 5.11 Å². The molecule has 2 fully saturated rings. The highest BCUT2D eigenvalue weighted by Crippen LogP contribution is 2.28. The topological polar surface area (TPSA) is 44.3 Å². The molecule has 0 aromatic heterocycles. The molecule has 3 unspecified atom stereocenters. The van der Waals surface area contributed by atoms with E-state index in [2.05, 4.69) is 17.6 Å². The van der Waals surface area contributed by atoms with Gasteiger partial charge in [0.1, 0.15) is 0 Å². The van der Waals surface area contributed by atoms with Crippen LogP contribution < -0.4 is 10.6 Å². The molecule has 0 spiro atoms. The van der Waals surface area contributed by atoms with Crippen LogP contribution in [0.4, 0.5) is 0 Å². The van der Waals surface area contributed by atoms with Gasteiger partial charge in [-0.25, -0.2) is 0 Å². The summed E-state index contributed by atoms with van der Waals surface area (Å²) >= 11 is 0. The van der Waals surface area contributed by atoms with Gasteiger partial charge < -0.3 is 15.7 Å². The normalized spacial score (nSPS) is 45.7. The molecule has 3 N–H and O–H groups in total. The van der Waals surface area contributed by atoms with Gasteiger partial charge in [0.05, 0.1) is 6.61 Å². The van der Waals surface area contributed by atoms with Gasteiger partial charge in [0.25, 0.3) is 0 Å². The molecule has 3 atom stereocenters. The molecule has 0 aliphatic carbocycles. The maximum absolute atomic E-state index is 9.20. The van der Waals surface area contributed by atoms with E-state index in [-0.39, 0.29) is 12.1 Å². The zero-order valence-electron chi connectivity index (χ0n) is 8.34. The highest BCUT2D eigenvalue weighted by molar-refractivity contribution is 4.97. The Kier molecular flexibility index (Phi) is 2.58. The molecule has 2 rings (SSSR count). The lowest BCUT2D eigenvalue weighted by Gasteiger charge is -2.22. The molecule has 0 aromatic rings. The lowest BCUT2D eigenvalue weighted by atomic mass is 9.90. The zero-order valence-corrected chi connectivity index (χ0v) is 8.34. The van der Waals surface area contributed by atoms with Gasteiger partial charge in [-0.15, -0.1) is 0 Å². The number of hydrogen-bond acceptors (Lipinski definition) is 3. The third-order valence-electron chi connectivity index (χ3n) is 3.52. The molecule has 0 aromatic carbocycles. The SMILES string of the molecule is CC1(CO)CC(C2CCCN2)CN1. The molecule has 13 heavy (non-hydrogen) atoms. The van der Waals surface area contributed by atoms with Crippen molar-refractivity contribution >= 4 is 0 Å². The molecular weight excluding hydrogens is 164 g/mol. The fourth-order valence-electron chi connectivity index (χ4n) is 2.62. The largest absolute Gasteiger partial charge is 0.394 e. The van der Waals surface area contributed by atoms with E-state index in [1.165, 1.54) is 19.4 Å². The summed E-state index contributed by atoms with van der Waals surface area (Å²) in [5, 5.41) is 16.2. The third-order valence-corrected chi connectivity index (χ3v) is 3.52. The molecule has 0 radical (unpaired) electrons. The molecule has 2 aliphatic rings. The van der Waals surface area contributed by atoms with Gasteiger partial charge >= 0.3 is 0 Å². The summed E-state index contributed by atoms with van der Waals surface area (Å²) in [7, 11) is 0. The summed E-state index contributed by atoms with van der Waals surface area (Å²) in [6.07, 6.45) is 3.74. The van der Waals surface area contributed by atoms with Crippen LogP contribution in [0.15, 0.2) is 0 Å². The molecular formula is C10H20N2O. The van der Waals surface area contributed by atoms with E-state index < -0.39 is 0 Å². The van der Waals surface area contributed by atoms with Crippen LogP contribution in [0.3, 0.4) is 0 Å². The molecule has 2 heterocycles. The van der Waals surface area contributed by atoms with Gasteiger partial charge in [-0.1, -0.05) is 0 Å². The van der Waals surface area contributed by atoms with Crippen LogP contribution in [-0.2, 0) is 0 Å². The Labute approximate surface area is 79.9 Å². The second kappa shape index (κ2) is 3.56. The molecule has 0 amide bonds. The average Bonchev–Trinajstić information content (AvgIpc) is 2.73. The molecule has 0 bridgehead atoms. The summed E-state index contributed by atoms with van der Waals surface area (Å²) in [6, 6.07) is 0.695. The Morgan fingerprint density at radius 2 is 2.38 bits per heavy atom. The monoisotopic (exact) mass is 184 g/mol. The quantitative estimate of drug-likeness (QED) is 0.570. The lowest BCUT2D eigenvalue weighted by Crippen LogP contribution is -2.39. The van der Waals surface area contributed by atoms with E-state index >= 15 is 0 Å². The smallest absolute Gasteiger partial charge is 0.0610 e. The van der Waals surface area contributed by atoms with Gasteiger partial charge in [0.15, 0.2) is 0 Å². The van der Waals surface area contributed by atoms with Gasteiger partial charge in [0, 0.05) is 18.1 Å². The number of rotatable bonds is 2. The molecule has 3 nitrogen and oxygen atoms in total. The highest BCUT2D eigenvalue weighted by atomic mass is 16.3. The van der Waals surface area contributed by atoms with Crippen molar-refractivity contribution in [2.45, 2.75) is 37.8 Å². The molecule has 0 saturated carbocycles. The predicted molar refractivity (Wildman–Crippen MR) is 52.6 cm³/mol. The number of aliphatic hydroxyl groups is 1. The van der Waals surface area contributed by atoms with Crippen molar-refractivity contribution in [2.24, 2.45) is 5.92 Å². The summed E-state index contributed by atoms with van der Waals surface area (Å²) in [5.74, 6) is 0.722. The van der Waals surface area contributed by atoms with E-state index in [4.69, 9.17) is 0 Å². The van der Waals surface area contributed by atoms with Crippen molar-refractivity contribution in [2.75, 3.05) is 19.7 Å². The van der Waals surface area contributed by atoms with Crippen molar-refractivity contribution in [3.8, 4) is 0 Å². The minimum atomic E-state index is -0.0189. The average molecular weight is 184 g/mol. The Morgan fingerprint density at radius 1 is 1.54 bits per heavy atom. The third kappa shape index (κ3) is 1.87. The van der Waals surface area contributed by atoms with Crippen molar-refractivity contribution in [3.63, 3.8) is 0 Å². The second-order valence-electron chi connectivity index (χ2n) is 4.77. The van der Waals surface area contributed by atoms with Crippen molar-refractivity contribution in [3.05, 3.63) is 0 Å². The minimum Gasteiger partial charge on any atom is -0.394 e. The Hall–Kier alpha value is -0.120. The zero-order chi connectivity index (χ0) is 9.31. The van der Waals surface area contributed by atoms with E-state index in [1.807, 2.05) is 0 Å². The molecule has 2 aliphatic heterocycles. The number of aliphatic hydroxyl groups excluding tert-OH is 1. The van der Waals surface area contributed by atoms with Gasteiger partial charge in [0.2, 0.25) is 0 Å². The van der Waals surface area contributed by atoms with Gasteiger partial charge in [-0.05, 0) is 38.6 Å². The fourth-order valence-corrected chi connectivity index (χ4v) is 2.62. The molecule has 3 heteroatoms. The highest BCUT2D eigenvalue weighted by Gasteiger charge is 2.38. The van der Waals surface area contributed by atoms with Crippen LogP contribution in [0.25, 0.3) is 0 Å². The second-order valence-corrected chi connectivity index (χ2v) is 4.77. The van der Waals surface area contributed by atoms with Gasteiger partial charge in [-0.2, -0.15) is 0 Å². The maximum atomic E-state index is 9.20. The number of hydrogen-bond donors (Lipinski definition) is 3. The van der Waals surface area contributed by atoms with E-state index in [0.29, 0.717) is 6.04 Å². The van der Waals surface area contributed by atoms with Crippen LogP contribution in [0, 0.1) is 5.92 Å². The van der Waals surface area contributed by atoms with Gasteiger partial charge in [-0.3, -0.25) is 0 Å². The maximum Gasteiger partial charge on any atom is 0.0610 e. The first-order chi connectivity index (χ1) is 6.23. The van der Waals surface area contributed by atoms with E-state index in [9.17, 15) is 5.11 Å². The van der Waals surface area contributed by atoms with E-state index in [1.54, 1.807) is 0 Å². The Bertz CT molecular complexity index is 180. The van der Waals surface area contributed by atoms with Crippen LogP contribution >= 0.6 is 0 Å². The summed E-state index contributed by atoms with van der Waals surface area (Å²) in [5.41, 5.74) is -0.0189. The van der Waals surface area contributed by atoms with Crippen LogP contribution in [-0.4, -0.2) is 36.4 Å². The van der Waals surface area contributed by atoms with Crippen LogP contribution in [0.5, 0.6) is 0 Å². The molecule has 2 saturated heterocycles. The Morgan fingerprint density at radius 3 is 2.92 bits per heavy atom. The lowest BCUT2D eigenvalue weighted by molar-refractivity contribution is 0.187. The van der Waals surface area contributed by atoms with Crippen molar-refractivity contribution in [1.82, 2.24) is 10.6 Å². The van der Waals surface area contributed by atoms with Crippen LogP contribution in [0.2, 0.25) is 0 Å². The summed E-state index contributed by atoms with van der Waals surface area (Å²) in [6.45, 7) is 4.61. The van der Waals surface area contributed by atoms with Crippen LogP contribution in [0.1, 0.15) is 26.2 Å². The summed E-state index contributed by atoms with van der Waals surface area (Å²) in [4.78, 5) is 0. The molecule has 76 valence electrons. The first-order valence-corrected chi connectivity index (χ1v) is 5.33. The van der Waals surface area contributed by atoms with E-state index in [0.717, 1.165) is 18.9 Å². The summed E-state index contributed by atoms with van der Waals surface area (Å²) < 4.78 is 0. The predicted octanol–water partition coefficient (Wildman–Crippen LogP) is 0.0989. The standard InChI is InChI=1S/C10H20N2O/c1-10(7-13)5-8(6-12-10)9-3-2-4-11-9/h8-9,11-13H,2-7H2,1H3. The fraction of sp³-hybridized carbons (Fsp3) is 1.00. The first kappa shape index (κ1) is 9.44. The van der Waals surface area contributed by atoms with Crippen molar-refractivity contribution in [1.29, 1.82) is 0 Å². The number of nitrogens with one attached hydrogen (secondary N) is 2. The Balaban J connectivity index is 1.90. The minimum absolute atomic E-state index is 0.0189. The first-order valence-electron chi connectivity index (χ1n) is 5.33.